The van der Waals surface area contributed by atoms with Crippen molar-refractivity contribution < 1.29 is 9.59 Å². The van der Waals surface area contributed by atoms with Gasteiger partial charge < -0.3 is 11.1 Å². The van der Waals surface area contributed by atoms with Crippen LogP contribution < -0.4 is 11.1 Å². The zero-order chi connectivity index (χ0) is 19.3. The van der Waals surface area contributed by atoms with Gasteiger partial charge in [0.05, 0.1) is 6.07 Å². The molecule has 0 aromatic heterocycles. The average Bonchev–Trinajstić information content (AvgIpc) is 3.12. The Bertz CT molecular complexity index is 573. The number of likely N-dealkylation sites (tertiary alicyclic amines) is 1. The van der Waals surface area contributed by atoms with Gasteiger partial charge in [0.2, 0.25) is 11.8 Å². The Kier molecular flexibility index (Phi) is 6.75. The first-order valence-corrected chi connectivity index (χ1v) is 10.6. The van der Waals surface area contributed by atoms with Crippen molar-refractivity contribution in [1.82, 2.24) is 10.2 Å². The smallest absolute Gasteiger partial charge is 0.225 e. The van der Waals surface area contributed by atoms with Gasteiger partial charge in [0, 0.05) is 31.5 Å². The van der Waals surface area contributed by atoms with Crippen molar-refractivity contribution in [1.29, 1.82) is 5.26 Å². The molecule has 1 radical (unpaired) electrons. The number of carbonyl (C=O) groups is 2. The number of hydrogen-bond acceptors (Lipinski definition) is 4. The third-order valence-corrected chi connectivity index (χ3v) is 6.85. The third-order valence-electron chi connectivity index (χ3n) is 6.85. The van der Waals surface area contributed by atoms with Crippen LogP contribution in [0.2, 0.25) is 0 Å². The highest BCUT2D eigenvalue weighted by Crippen LogP contribution is 2.32. The largest absolute Gasteiger partial charge is 0.369 e. The Balaban J connectivity index is 1.46. The first kappa shape index (κ1) is 20.1. The van der Waals surface area contributed by atoms with E-state index in [4.69, 9.17) is 5.73 Å². The number of nitrogens with zero attached hydrogens (tertiary/aromatic N) is 2. The second-order valence-electron chi connectivity index (χ2n) is 8.76. The first-order valence-electron chi connectivity index (χ1n) is 10.6. The second kappa shape index (κ2) is 9.05. The molecule has 0 bridgehead atoms. The van der Waals surface area contributed by atoms with E-state index in [1.807, 2.05) is 0 Å². The van der Waals surface area contributed by atoms with Crippen molar-refractivity contribution in [2.75, 3.05) is 13.1 Å². The molecular formula is C21H33N4O2. The summed E-state index contributed by atoms with van der Waals surface area (Å²) in [4.78, 5) is 26.1. The van der Waals surface area contributed by atoms with Crippen LogP contribution in [0.15, 0.2) is 0 Å². The fourth-order valence-electron chi connectivity index (χ4n) is 5.08. The molecule has 3 fully saturated rings. The van der Waals surface area contributed by atoms with Crippen LogP contribution in [0.3, 0.4) is 0 Å². The van der Waals surface area contributed by atoms with Crippen molar-refractivity contribution in [2.24, 2.45) is 17.6 Å². The lowest BCUT2D eigenvalue weighted by Gasteiger charge is -2.34. The van der Waals surface area contributed by atoms with Crippen molar-refractivity contribution >= 4 is 11.8 Å². The van der Waals surface area contributed by atoms with E-state index in [0.717, 1.165) is 38.6 Å². The normalized spacial score (nSPS) is 32.7. The van der Waals surface area contributed by atoms with Crippen LogP contribution in [0.4, 0.5) is 0 Å². The number of hydrogen-bond donors (Lipinski definition) is 2. The minimum atomic E-state index is -0.777. The van der Waals surface area contributed by atoms with Gasteiger partial charge in [-0.15, -0.1) is 0 Å². The van der Waals surface area contributed by atoms with Crippen LogP contribution in [0.5, 0.6) is 0 Å². The summed E-state index contributed by atoms with van der Waals surface area (Å²) < 4.78 is 0. The van der Waals surface area contributed by atoms with E-state index in [2.05, 4.69) is 16.3 Å². The van der Waals surface area contributed by atoms with E-state index in [1.54, 1.807) is 6.42 Å². The number of amides is 2. The Morgan fingerprint density at radius 1 is 1.15 bits per heavy atom. The zero-order valence-electron chi connectivity index (χ0n) is 16.3. The van der Waals surface area contributed by atoms with Gasteiger partial charge in [-0.3, -0.25) is 14.5 Å². The molecule has 6 nitrogen and oxygen atoms in total. The van der Waals surface area contributed by atoms with Crippen LogP contribution in [0.25, 0.3) is 0 Å². The van der Waals surface area contributed by atoms with Crippen molar-refractivity contribution in [3.8, 4) is 6.07 Å². The lowest BCUT2D eigenvalue weighted by molar-refractivity contribution is -0.123. The van der Waals surface area contributed by atoms with Gasteiger partial charge in [0.15, 0.2) is 0 Å². The molecule has 1 heterocycles. The molecule has 149 valence electrons. The molecule has 1 unspecified atom stereocenters. The standard InChI is InChI=1S/C21H33N4O2/c22-14-21(24-19(26)11-6-16-4-2-1-3-5-16)12-13-25(15-21)18-9-7-17(8-10-18)20(23)27/h11,16-18H,1-10,12-13,15H2,(H2,23,27)(H,24,26)/t17-,18-,21?. The predicted molar refractivity (Wildman–Crippen MR) is 103 cm³/mol. The molecule has 2 amide bonds. The number of nitrogens with one attached hydrogen (secondary N) is 1. The van der Waals surface area contributed by atoms with Crippen LogP contribution in [0.1, 0.15) is 70.6 Å². The van der Waals surface area contributed by atoms with Crippen molar-refractivity contribution in [3.05, 3.63) is 6.42 Å². The third kappa shape index (κ3) is 5.22. The van der Waals surface area contributed by atoms with Gasteiger partial charge in [-0.25, -0.2) is 0 Å². The summed E-state index contributed by atoms with van der Waals surface area (Å²) in [7, 11) is 0. The SMILES string of the molecule is N#CC1(NC(=O)[CH]CC2CCCCC2)CCN([C@H]2CC[C@H](C(N)=O)CC2)C1. The summed E-state index contributed by atoms with van der Waals surface area (Å²) in [6.45, 7) is 1.40. The molecule has 27 heavy (non-hydrogen) atoms. The molecule has 0 spiro atoms. The van der Waals surface area contributed by atoms with Crippen LogP contribution in [-0.2, 0) is 9.59 Å². The maximum absolute atomic E-state index is 12.4. The van der Waals surface area contributed by atoms with E-state index in [0.29, 0.717) is 24.9 Å². The Morgan fingerprint density at radius 2 is 1.85 bits per heavy atom. The summed E-state index contributed by atoms with van der Waals surface area (Å²) in [5, 5.41) is 12.8. The molecule has 1 aliphatic heterocycles. The zero-order valence-corrected chi connectivity index (χ0v) is 16.3. The van der Waals surface area contributed by atoms with E-state index >= 15 is 0 Å². The van der Waals surface area contributed by atoms with Gasteiger partial charge in [-0.1, -0.05) is 32.1 Å². The number of nitrogens with two attached hydrogens (primary N) is 1. The molecule has 3 rings (SSSR count). The van der Waals surface area contributed by atoms with Gasteiger partial charge in [0.25, 0.3) is 0 Å². The molecule has 1 saturated heterocycles. The number of primary amides is 1. The summed E-state index contributed by atoms with van der Waals surface area (Å²) in [6.07, 6.45) is 13.1. The van der Waals surface area contributed by atoms with Gasteiger partial charge >= 0.3 is 0 Å². The summed E-state index contributed by atoms with van der Waals surface area (Å²) in [5.41, 5.74) is 4.64. The summed E-state index contributed by atoms with van der Waals surface area (Å²) in [6, 6.07) is 2.76. The number of nitriles is 1. The molecule has 3 N–H and O–H groups in total. The van der Waals surface area contributed by atoms with Crippen LogP contribution in [-0.4, -0.2) is 41.4 Å². The molecule has 0 aromatic rings. The Labute approximate surface area is 162 Å². The summed E-state index contributed by atoms with van der Waals surface area (Å²) >= 11 is 0. The molecule has 1 atom stereocenters. The highest BCUT2D eigenvalue weighted by atomic mass is 16.2. The topological polar surface area (TPSA) is 99.2 Å². The molecule has 2 aliphatic carbocycles. The molecular weight excluding hydrogens is 340 g/mol. The molecule has 0 aromatic carbocycles. The number of rotatable bonds is 6. The van der Waals surface area contributed by atoms with Gasteiger partial charge in [-0.2, -0.15) is 5.26 Å². The fraction of sp³-hybridized carbons (Fsp3) is 0.810. The lowest BCUT2D eigenvalue weighted by atomic mass is 9.85. The quantitative estimate of drug-likeness (QED) is 0.746. The van der Waals surface area contributed by atoms with E-state index in [-0.39, 0.29) is 17.7 Å². The molecule has 3 aliphatic rings. The van der Waals surface area contributed by atoms with E-state index < -0.39 is 5.54 Å². The van der Waals surface area contributed by atoms with E-state index in [1.165, 1.54) is 32.1 Å². The van der Waals surface area contributed by atoms with Crippen LogP contribution in [0, 0.1) is 29.6 Å². The molecule has 2 saturated carbocycles. The van der Waals surface area contributed by atoms with E-state index in [9.17, 15) is 14.9 Å². The Morgan fingerprint density at radius 3 is 2.48 bits per heavy atom. The first-order chi connectivity index (χ1) is 13.0. The average molecular weight is 374 g/mol. The molecule has 6 heteroatoms. The minimum Gasteiger partial charge on any atom is -0.369 e. The highest BCUT2D eigenvalue weighted by Gasteiger charge is 2.42. The van der Waals surface area contributed by atoms with Crippen molar-refractivity contribution in [2.45, 2.75) is 82.2 Å². The van der Waals surface area contributed by atoms with Gasteiger partial charge in [-0.05, 0) is 44.4 Å². The lowest BCUT2D eigenvalue weighted by Crippen LogP contribution is -2.51. The summed E-state index contributed by atoms with van der Waals surface area (Å²) in [5.74, 6) is 0.338. The highest BCUT2D eigenvalue weighted by molar-refractivity contribution is 5.85. The van der Waals surface area contributed by atoms with Gasteiger partial charge in [0.1, 0.15) is 5.54 Å². The second-order valence-corrected chi connectivity index (χ2v) is 8.76. The Hall–Kier alpha value is -1.61. The maximum Gasteiger partial charge on any atom is 0.225 e. The van der Waals surface area contributed by atoms with Crippen LogP contribution >= 0.6 is 0 Å². The van der Waals surface area contributed by atoms with Crippen molar-refractivity contribution in [3.63, 3.8) is 0 Å². The predicted octanol–water partition coefficient (Wildman–Crippen LogP) is 2.29. The number of carbonyl (C=O) groups excluding carboxylic acids is 2. The maximum atomic E-state index is 12.4. The minimum absolute atomic E-state index is 0.00123. The fourth-order valence-corrected chi connectivity index (χ4v) is 5.08. The monoisotopic (exact) mass is 373 g/mol.